The topological polar surface area (TPSA) is 101 Å². The van der Waals surface area contributed by atoms with E-state index in [2.05, 4.69) is 0 Å². The van der Waals surface area contributed by atoms with Crippen molar-refractivity contribution in [1.82, 2.24) is 4.90 Å². The molecule has 0 aromatic rings. The molecule has 0 aromatic carbocycles. The molecule has 1 saturated heterocycles. The zero-order valence-corrected chi connectivity index (χ0v) is 8.11. The quantitative estimate of drug-likeness (QED) is 0.549. The number of rotatable bonds is 0. The Bertz CT molecular complexity index is 315. The fourth-order valence-corrected chi connectivity index (χ4v) is 0.784. The molecule has 0 bridgehead atoms. The molecule has 0 aliphatic carbocycles. The second-order valence-corrected chi connectivity index (χ2v) is 2.90. The van der Waals surface area contributed by atoms with Crippen LogP contribution in [0.5, 0.6) is 0 Å². The predicted octanol–water partition coefficient (Wildman–Crippen LogP) is -0.664. The number of alkyl halides is 3. The molecular weight excluding hydrogens is 233 g/mol. The maximum atomic E-state index is 10.7. The minimum Gasteiger partial charge on any atom is -0.475 e. The van der Waals surface area contributed by atoms with Crippen molar-refractivity contribution < 1.29 is 32.7 Å². The number of imide groups is 1. The van der Waals surface area contributed by atoms with E-state index in [1.165, 1.54) is 7.05 Å². The number of likely N-dealkylation sites (N-methyl/N-ethyl adjacent to an activating group) is 1. The van der Waals surface area contributed by atoms with Crippen LogP contribution in [0.15, 0.2) is 0 Å². The largest absolute Gasteiger partial charge is 0.490 e. The van der Waals surface area contributed by atoms with Crippen molar-refractivity contribution in [2.45, 2.75) is 18.6 Å². The van der Waals surface area contributed by atoms with Gasteiger partial charge in [-0.2, -0.15) is 13.2 Å². The molecule has 1 aliphatic rings. The minimum atomic E-state index is -5.08. The summed E-state index contributed by atoms with van der Waals surface area (Å²) in [6, 6.07) is -0.595. The number of carboxylic acid groups (broad SMARTS) is 1. The highest BCUT2D eigenvalue weighted by atomic mass is 19.4. The molecule has 1 unspecified atom stereocenters. The number of hydrogen-bond donors (Lipinski definition) is 2. The van der Waals surface area contributed by atoms with Crippen LogP contribution in [0.3, 0.4) is 0 Å². The molecule has 16 heavy (non-hydrogen) atoms. The summed E-state index contributed by atoms with van der Waals surface area (Å²) in [7, 11) is 1.44. The van der Waals surface area contributed by atoms with E-state index in [4.69, 9.17) is 15.6 Å². The Labute approximate surface area is 87.8 Å². The summed E-state index contributed by atoms with van der Waals surface area (Å²) in [4.78, 5) is 31.3. The summed E-state index contributed by atoms with van der Waals surface area (Å²) in [5.41, 5.74) is 5.25. The monoisotopic (exact) mass is 242 g/mol. The van der Waals surface area contributed by atoms with Crippen LogP contribution in [-0.4, -0.2) is 47.1 Å². The van der Waals surface area contributed by atoms with Crippen molar-refractivity contribution in [3.63, 3.8) is 0 Å². The molecule has 1 aliphatic heterocycles. The van der Waals surface area contributed by atoms with E-state index in [-0.39, 0.29) is 18.2 Å². The normalized spacial score (nSPS) is 20.6. The van der Waals surface area contributed by atoms with Gasteiger partial charge in [0.25, 0.3) is 0 Å². The standard InChI is InChI=1S/C5H8N2O2.C2HF3O2/c1-7-4(8)2-3(6)5(7)9;3-2(4,5)1(6)7/h3H,2,6H2,1H3;(H,6,7). The van der Waals surface area contributed by atoms with Crippen molar-refractivity contribution >= 4 is 17.8 Å². The maximum Gasteiger partial charge on any atom is 0.490 e. The Kier molecular flexibility index (Phi) is 4.42. The van der Waals surface area contributed by atoms with Gasteiger partial charge >= 0.3 is 12.1 Å². The summed E-state index contributed by atoms with van der Waals surface area (Å²) in [6.45, 7) is 0. The highest BCUT2D eigenvalue weighted by Crippen LogP contribution is 2.13. The lowest BCUT2D eigenvalue weighted by Crippen LogP contribution is -2.32. The smallest absolute Gasteiger partial charge is 0.475 e. The average molecular weight is 242 g/mol. The molecule has 6 nitrogen and oxygen atoms in total. The van der Waals surface area contributed by atoms with Gasteiger partial charge in [-0.25, -0.2) is 4.79 Å². The Morgan fingerprint density at radius 3 is 1.94 bits per heavy atom. The first kappa shape index (κ1) is 14.4. The van der Waals surface area contributed by atoms with E-state index < -0.39 is 18.2 Å². The van der Waals surface area contributed by atoms with Gasteiger partial charge in [0.2, 0.25) is 11.8 Å². The lowest BCUT2D eigenvalue weighted by atomic mass is 10.3. The molecule has 92 valence electrons. The second-order valence-electron chi connectivity index (χ2n) is 2.90. The number of aliphatic carboxylic acids is 1. The van der Waals surface area contributed by atoms with Crippen molar-refractivity contribution in [3.05, 3.63) is 0 Å². The minimum absolute atomic E-state index is 0.162. The van der Waals surface area contributed by atoms with Crippen LogP contribution >= 0.6 is 0 Å². The number of nitrogens with two attached hydrogens (primary N) is 1. The zero-order valence-electron chi connectivity index (χ0n) is 8.11. The van der Waals surface area contributed by atoms with Gasteiger partial charge in [0.05, 0.1) is 12.5 Å². The summed E-state index contributed by atoms with van der Waals surface area (Å²) >= 11 is 0. The van der Waals surface area contributed by atoms with E-state index in [0.29, 0.717) is 0 Å². The van der Waals surface area contributed by atoms with Crippen molar-refractivity contribution in [1.29, 1.82) is 0 Å². The first-order valence-electron chi connectivity index (χ1n) is 3.93. The molecule has 1 atom stereocenters. The van der Waals surface area contributed by atoms with Gasteiger partial charge < -0.3 is 10.8 Å². The highest BCUT2D eigenvalue weighted by molar-refractivity contribution is 6.05. The summed E-state index contributed by atoms with van der Waals surface area (Å²) in [6.07, 6.45) is -4.92. The molecule has 1 fully saturated rings. The number of halogens is 3. The molecule has 0 saturated carbocycles. The van der Waals surface area contributed by atoms with Gasteiger partial charge in [-0.05, 0) is 0 Å². The predicted molar refractivity (Wildman–Crippen MR) is 44.1 cm³/mol. The first-order chi connectivity index (χ1) is 7.07. The number of carboxylic acids is 1. The van der Waals surface area contributed by atoms with Crippen LogP contribution in [0.4, 0.5) is 13.2 Å². The second kappa shape index (κ2) is 4.92. The molecule has 1 rings (SSSR count). The third-order valence-corrected chi connectivity index (χ3v) is 1.66. The molecule has 1 heterocycles. The van der Waals surface area contributed by atoms with Crippen LogP contribution in [-0.2, 0) is 14.4 Å². The summed E-state index contributed by atoms with van der Waals surface area (Å²) in [5.74, 6) is -3.22. The lowest BCUT2D eigenvalue weighted by Gasteiger charge is -2.03. The zero-order chi connectivity index (χ0) is 13.1. The summed E-state index contributed by atoms with van der Waals surface area (Å²) < 4.78 is 31.7. The molecule has 2 amide bonds. The highest BCUT2D eigenvalue weighted by Gasteiger charge is 2.38. The van der Waals surface area contributed by atoms with Gasteiger partial charge in [-0.3, -0.25) is 14.5 Å². The van der Waals surface area contributed by atoms with Gasteiger partial charge in [-0.1, -0.05) is 0 Å². The van der Waals surface area contributed by atoms with E-state index in [0.717, 1.165) is 4.90 Å². The van der Waals surface area contributed by atoms with Crippen molar-refractivity contribution in [3.8, 4) is 0 Å². The van der Waals surface area contributed by atoms with Gasteiger partial charge in [0.15, 0.2) is 0 Å². The Morgan fingerprint density at radius 2 is 1.88 bits per heavy atom. The Morgan fingerprint density at radius 1 is 1.50 bits per heavy atom. The first-order valence-corrected chi connectivity index (χ1v) is 3.93. The number of amides is 2. The third-order valence-electron chi connectivity index (χ3n) is 1.66. The van der Waals surface area contributed by atoms with Crippen LogP contribution in [0.25, 0.3) is 0 Å². The molecule has 0 radical (unpaired) electrons. The molecule has 3 N–H and O–H groups in total. The van der Waals surface area contributed by atoms with E-state index >= 15 is 0 Å². The van der Waals surface area contributed by atoms with Gasteiger partial charge in [0.1, 0.15) is 0 Å². The van der Waals surface area contributed by atoms with E-state index in [1.54, 1.807) is 0 Å². The summed E-state index contributed by atoms with van der Waals surface area (Å²) in [5, 5.41) is 7.12. The van der Waals surface area contributed by atoms with Crippen LogP contribution in [0, 0.1) is 0 Å². The Balaban J connectivity index is 0.000000293. The van der Waals surface area contributed by atoms with Crippen LogP contribution in [0.1, 0.15) is 6.42 Å². The van der Waals surface area contributed by atoms with E-state index in [9.17, 15) is 22.8 Å². The fraction of sp³-hybridized carbons (Fsp3) is 0.571. The van der Waals surface area contributed by atoms with Crippen LogP contribution in [0.2, 0.25) is 0 Å². The fourth-order valence-electron chi connectivity index (χ4n) is 0.784. The number of carbonyl (C=O) groups excluding carboxylic acids is 2. The van der Waals surface area contributed by atoms with Crippen molar-refractivity contribution in [2.24, 2.45) is 5.73 Å². The van der Waals surface area contributed by atoms with Crippen LogP contribution < -0.4 is 5.73 Å². The SMILES string of the molecule is CN1C(=O)CC(N)C1=O.O=C(O)C(F)(F)F. The third kappa shape index (κ3) is 3.85. The average Bonchev–Trinajstić information content (AvgIpc) is 2.33. The van der Waals surface area contributed by atoms with Gasteiger partial charge in [0, 0.05) is 7.05 Å². The number of carbonyl (C=O) groups is 3. The maximum absolute atomic E-state index is 10.7. The van der Waals surface area contributed by atoms with Gasteiger partial charge in [-0.15, -0.1) is 0 Å². The van der Waals surface area contributed by atoms with Crippen molar-refractivity contribution in [2.75, 3.05) is 7.05 Å². The lowest BCUT2D eigenvalue weighted by molar-refractivity contribution is -0.192. The Hall–Kier alpha value is -1.64. The molecule has 0 spiro atoms. The molecular formula is C7H9F3N2O4. The van der Waals surface area contributed by atoms with E-state index in [1.807, 2.05) is 0 Å². The number of likely N-dealkylation sites (tertiary alicyclic amines) is 1. The number of nitrogens with zero attached hydrogens (tertiary/aromatic N) is 1. The molecule has 9 heteroatoms. The number of hydrogen-bond acceptors (Lipinski definition) is 4. The molecule has 0 aromatic heterocycles.